The van der Waals surface area contributed by atoms with Crippen molar-refractivity contribution in [2.24, 2.45) is 5.92 Å². The van der Waals surface area contributed by atoms with E-state index in [-0.39, 0.29) is 17.5 Å². The van der Waals surface area contributed by atoms with E-state index in [1.807, 2.05) is 47.4 Å². The normalized spacial score (nSPS) is 16.4. The first-order valence-corrected chi connectivity index (χ1v) is 16.9. The zero-order chi connectivity index (χ0) is 34.9. The van der Waals surface area contributed by atoms with Gasteiger partial charge in [-0.3, -0.25) is 28.7 Å². The van der Waals surface area contributed by atoms with E-state index in [9.17, 15) is 14.4 Å². The van der Waals surface area contributed by atoms with Gasteiger partial charge < -0.3 is 20.5 Å². The lowest BCUT2D eigenvalue weighted by molar-refractivity contribution is -0.147. The summed E-state index contributed by atoms with van der Waals surface area (Å²) in [5.74, 6) is -0.778. The maximum absolute atomic E-state index is 13.2. The summed E-state index contributed by atoms with van der Waals surface area (Å²) in [6, 6.07) is 15.0. The number of likely N-dealkylation sites (tertiary alicyclic amines) is 1. The third-order valence-corrected chi connectivity index (χ3v) is 9.94. The quantitative estimate of drug-likeness (QED) is 0.176. The number of ether oxygens (including phenoxy) is 1. The number of halogens is 2. The number of aliphatic carboxylic acids is 1. The molecular weight excluding hydrogens is 681 g/mol. The molecular formula is C36H33Cl2N7O5. The Balaban J connectivity index is 1.12. The summed E-state index contributed by atoms with van der Waals surface area (Å²) in [7, 11) is 1.54. The molecule has 2 aliphatic rings. The first-order valence-electron chi connectivity index (χ1n) is 16.1. The number of methoxy groups -OCH3 is 1. The standard InChI is InChI=1S/C36H33Cl2N7O5/c1-50-34-29(15-39-14-23-8-9-31(46)42-23)40-16-28(43-34)27-7-3-6-26(33(27)38)25-5-2-4-24(32(25)37)20-10-11-45-30(12-20)41-13-21(35(45)47)17-44-18-22(19-44)36(48)49/h2-7,10-13,16,22-23,39H,8-9,14-15,17-19H2,1H3,(H,42,46)(H,48,49). The smallest absolute Gasteiger partial charge is 0.309 e. The van der Waals surface area contributed by atoms with Crippen molar-refractivity contribution in [1.29, 1.82) is 0 Å². The number of hydrogen-bond acceptors (Lipinski definition) is 9. The van der Waals surface area contributed by atoms with E-state index < -0.39 is 11.9 Å². The van der Waals surface area contributed by atoms with Crippen LogP contribution in [-0.2, 0) is 22.7 Å². The van der Waals surface area contributed by atoms with Crippen LogP contribution in [0.4, 0.5) is 0 Å². The lowest BCUT2D eigenvalue weighted by Crippen LogP contribution is -2.50. The van der Waals surface area contributed by atoms with Crippen LogP contribution in [0.5, 0.6) is 5.88 Å². The Labute approximate surface area is 297 Å². The molecule has 2 fully saturated rings. The lowest BCUT2D eigenvalue weighted by Gasteiger charge is -2.36. The molecule has 7 rings (SSSR count). The highest BCUT2D eigenvalue weighted by molar-refractivity contribution is 6.39. The van der Waals surface area contributed by atoms with E-state index in [1.54, 1.807) is 31.8 Å². The summed E-state index contributed by atoms with van der Waals surface area (Å²) < 4.78 is 7.05. The fourth-order valence-electron chi connectivity index (χ4n) is 6.39. The van der Waals surface area contributed by atoms with Crippen molar-refractivity contribution in [3.63, 3.8) is 0 Å². The average molecular weight is 715 g/mol. The minimum atomic E-state index is -0.821. The van der Waals surface area contributed by atoms with Crippen LogP contribution >= 0.6 is 23.2 Å². The SMILES string of the molecule is COc1nc(-c2cccc(-c3cccc(-c4ccn5c(=O)c(CN6CC(C(=O)O)C6)cnc5c4)c3Cl)c2Cl)cnc1CNCC1CCC(=O)N1. The Morgan fingerprint density at radius 1 is 1.02 bits per heavy atom. The number of hydrogen-bond donors (Lipinski definition) is 3. The molecule has 1 amide bonds. The Kier molecular flexibility index (Phi) is 9.52. The molecule has 2 saturated heterocycles. The van der Waals surface area contributed by atoms with E-state index in [4.69, 9.17) is 38.0 Å². The van der Waals surface area contributed by atoms with Crippen molar-refractivity contribution >= 4 is 40.7 Å². The fraction of sp³-hybridized carbons (Fsp3) is 0.278. The largest absolute Gasteiger partial charge is 0.481 e. The molecule has 2 aliphatic heterocycles. The predicted molar refractivity (Wildman–Crippen MR) is 189 cm³/mol. The van der Waals surface area contributed by atoms with Gasteiger partial charge in [0.15, 0.2) is 0 Å². The van der Waals surface area contributed by atoms with Gasteiger partial charge in [0.1, 0.15) is 11.3 Å². The van der Waals surface area contributed by atoms with Gasteiger partial charge in [-0.05, 0) is 24.1 Å². The number of carboxylic acid groups (broad SMARTS) is 1. The number of nitrogens with zero attached hydrogens (tertiary/aromatic N) is 5. The number of pyridine rings is 1. The van der Waals surface area contributed by atoms with Crippen LogP contribution in [0.2, 0.25) is 10.0 Å². The molecule has 0 aliphatic carbocycles. The van der Waals surface area contributed by atoms with Crippen molar-refractivity contribution in [2.45, 2.75) is 32.0 Å². The van der Waals surface area contributed by atoms with Gasteiger partial charge in [-0.25, -0.2) is 9.97 Å². The summed E-state index contributed by atoms with van der Waals surface area (Å²) in [6.45, 7) is 2.21. The number of carbonyl (C=O) groups excluding carboxylic acids is 1. The highest BCUT2D eigenvalue weighted by Crippen LogP contribution is 2.42. The molecule has 256 valence electrons. The van der Waals surface area contributed by atoms with Gasteiger partial charge in [-0.2, -0.15) is 0 Å². The zero-order valence-corrected chi connectivity index (χ0v) is 28.5. The third-order valence-electron chi connectivity index (χ3n) is 9.13. The summed E-state index contributed by atoms with van der Waals surface area (Å²) in [4.78, 5) is 51.6. The van der Waals surface area contributed by atoms with Crippen molar-refractivity contribution in [1.82, 2.24) is 34.9 Å². The number of benzene rings is 2. The number of carboxylic acids is 1. The lowest BCUT2D eigenvalue weighted by atomic mass is 9.97. The van der Waals surface area contributed by atoms with Crippen LogP contribution in [-0.4, -0.2) is 74.0 Å². The Morgan fingerprint density at radius 3 is 2.44 bits per heavy atom. The maximum Gasteiger partial charge on any atom is 0.309 e. The van der Waals surface area contributed by atoms with E-state index in [2.05, 4.69) is 20.6 Å². The molecule has 12 nitrogen and oxygen atoms in total. The molecule has 0 radical (unpaired) electrons. The molecule has 0 bridgehead atoms. The van der Waals surface area contributed by atoms with Crippen LogP contribution in [0.15, 0.2) is 71.9 Å². The van der Waals surface area contributed by atoms with Crippen LogP contribution in [0.3, 0.4) is 0 Å². The molecule has 0 spiro atoms. The molecule has 0 saturated carbocycles. The van der Waals surface area contributed by atoms with E-state index in [1.165, 1.54) is 4.40 Å². The molecule has 14 heteroatoms. The van der Waals surface area contributed by atoms with Gasteiger partial charge in [-0.1, -0.05) is 59.6 Å². The number of nitrogens with one attached hydrogen (secondary N) is 2. The first kappa shape index (κ1) is 33.6. The molecule has 1 unspecified atom stereocenters. The number of amides is 1. The van der Waals surface area contributed by atoms with E-state index >= 15 is 0 Å². The molecule has 50 heavy (non-hydrogen) atoms. The molecule has 2 aromatic carbocycles. The van der Waals surface area contributed by atoms with Gasteiger partial charge in [0.2, 0.25) is 11.8 Å². The van der Waals surface area contributed by atoms with Crippen LogP contribution in [0, 0.1) is 5.92 Å². The summed E-state index contributed by atoms with van der Waals surface area (Å²) in [6.07, 6.45) is 6.23. The van der Waals surface area contributed by atoms with Gasteiger partial charge in [0.05, 0.1) is 40.5 Å². The van der Waals surface area contributed by atoms with Crippen LogP contribution in [0.1, 0.15) is 24.1 Å². The number of rotatable bonds is 11. The highest BCUT2D eigenvalue weighted by atomic mass is 35.5. The van der Waals surface area contributed by atoms with E-state index in [0.717, 1.165) is 17.5 Å². The van der Waals surface area contributed by atoms with Crippen molar-refractivity contribution < 1.29 is 19.4 Å². The fourth-order valence-corrected chi connectivity index (χ4v) is 7.05. The summed E-state index contributed by atoms with van der Waals surface area (Å²) in [5.41, 5.74) is 5.51. The average Bonchev–Trinajstić information content (AvgIpc) is 3.51. The number of aromatic nitrogens is 4. The second-order valence-electron chi connectivity index (χ2n) is 12.4. The van der Waals surface area contributed by atoms with Crippen LogP contribution < -0.4 is 20.9 Å². The topological polar surface area (TPSA) is 151 Å². The van der Waals surface area contributed by atoms with Crippen molar-refractivity contribution in [2.75, 3.05) is 26.7 Å². The summed E-state index contributed by atoms with van der Waals surface area (Å²) in [5, 5.41) is 16.3. The van der Waals surface area contributed by atoms with Gasteiger partial charge in [0.25, 0.3) is 5.56 Å². The van der Waals surface area contributed by atoms with Gasteiger partial charge in [-0.15, -0.1) is 0 Å². The van der Waals surface area contributed by atoms with E-state index in [0.29, 0.717) is 94.4 Å². The van der Waals surface area contributed by atoms with Gasteiger partial charge in [0, 0.05) is 79.8 Å². The third kappa shape index (κ3) is 6.67. The summed E-state index contributed by atoms with van der Waals surface area (Å²) >= 11 is 14.1. The molecule has 1 atom stereocenters. The minimum absolute atomic E-state index is 0.0721. The van der Waals surface area contributed by atoms with Crippen molar-refractivity contribution in [3.05, 3.63) is 98.8 Å². The molecule has 5 heterocycles. The second kappa shape index (κ2) is 14.2. The Hall–Kier alpha value is -4.88. The maximum atomic E-state index is 13.2. The molecule has 5 aromatic rings. The number of carbonyl (C=O) groups is 2. The zero-order valence-electron chi connectivity index (χ0n) is 27.0. The van der Waals surface area contributed by atoms with Gasteiger partial charge >= 0.3 is 5.97 Å². The monoisotopic (exact) mass is 713 g/mol. The molecule has 3 aromatic heterocycles. The number of fused-ring (bicyclic) bond motifs is 1. The van der Waals surface area contributed by atoms with Crippen molar-refractivity contribution in [3.8, 4) is 39.4 Å². The Morgan fingerprint density at radius 2 is 1.74 bits per heavy atom. The minimum Gasteiger partial charge on any atom is -0.481 e. The predicted octanol–water partition coefficient (Wildman–Crippen LogP) is 4.69. The molecule has 3 N–H and O–H groups in total. The Bertz CT molecular complexity index is 2190. The van der Waals surface area contributed by atoms with Crippen LogP contribution in [0.25, 0.3) is 39.2 Å². The first-order chi connectivity index (χ1) is 24.2. The highest BCUT2D eigenvalue weighted by Gasteiger charge is 2.32. The second-order valence-corrected chi connectivity index (χ2v) is 13.2.